The van der Waals surface area contributed by atoms with E-state index in [0.29, 0.717) is 28.9 Å². The van der Waals surface area contributed by atoms with Crippen LogP contribution in [-0.4, -0.2) is 84.2 Å². The largest absolute Gasteiger partial charge is 0.495 e. The lowest BCUT2D eigenvalue weighted by Gasteiger charge is -2.32. The van der Waals surface area contributed by atoms with Crippen LogP contribution in [0.2, 0.25) is 0 Å². The number of rotatable bonds is 11. The van der Waals surface area contributed by atoms with E-state index in [1.54, 1.807) is 31.4 Å². The maximum Gasteiger partial charge on any atom is 0.406 e. The van der Waals surface area contributed by atoms with Crippen molar-refractivity contribution in [2.45, 2.75) is 36.5 Å². The molecule has 13 heteroatoms. The normalized spacial score (nSPS) is 14.9. The Balaban J connectivity index is 1.54. The molecule has 0 atom stereocenters. The van der Waals surface area contributed by atoms with E-state index in [4.69, 9.17) is 9.47 Å². The second kappa shape index (κ2) is 13.7. The van der Waals surface area contributed by atoms with Gasteiger partial charge in [-0.3, -0.25) is 0 Å². The van der Waals surface area contributed by atoms with Crippen molar-refractivity contribution in [1.29, 1.82) is 0 Å². The number of hydrogen-bond acceptors (Lipinski definition) is 7. The molecule has 9 nitrogen and oxygen atoms in total. The summed E-state index contributed by atoms with van der Waals surface area (Å²) in [5, 5.41) is 7.28. The van der Waals surface area contributed by atoms with E-state index < -0.39 is 22.7 Å². The number of halogens is 3. The van der Waals surface area contributed by atoms with Crippen LogP contribution in [0.4, 0.5) is 24.5 Å². The van der Waals surface area contributed by atoms with Crippen LogP contribution >= 0.6 is 0 Å². The summed E-state index contributed by atoms with van der Waals surface area (Å²) in [6.07, 6.45) is -2.58. The number of benzene rings is 2. The molecule has 0 amide bonds. The number of fused-ring (bicyclic) bond motifs is 1. The van der Waals surface area contributed by atoms with Crippen molar-refractivity contribution in [3.05, 3.63) is 48.2 Å². The van der Waals surface area contributed by atoms with Gasteiger partial charge in [-0.1, -0.05) is 12.0 Å². The third-order valence-corrected chi connectivity index (χ3v) is 8.59. The molecular weight excluding hydrogens is 571 g/mol. The molecule has 1 fully saturated rings. The molecule has 42 heavy (non-hydrogen) atoms. The smallest absolute Gasteiger partial charge is 0.406 e. The number of alkyl halides is 3. The predicted molar refractivity (Wildman–Crippen MR) is 158 cm³/mol. The zero-order chi connectivity index (χ0) is 30.3. The molecule has 2 aromatic carbocycles. The molecule has 0 radical (unpaired) electrons. The van der Waals surface area contributed by atoms with Crippen molar-refractivity contribution >= 4 is 32.3 Å². The van der Waals surface area contributed by atoms with Gasteiger partial charge in [-0.25, -0.2) is 13.1 Å². The Kier molecular flexibility index (Phi) is 10.3. The van der Waals surface area contributed by atoms with Crippen LogP contribution in [-0.2, 0) is 21.3 Å². The fourth-order valence-corrected chi connectivity index (χ4v) is 5.73. The van der Waals surface area contributed by atoms with Gasteiger partial charge in [0.05, 0.1) is 42.1 Å². The number of anilines is 2. The van der Waals surface area contributed by atoms with Gasteiger partial charge < -0.3 is 29.6 Å². The number of ether oxygens (including phenoxy) is 2. The molecule has 3 N–H and O–H groups in total. The van der Waals surface area contributed by atoms with Crippen molar-refractivity contribution in [2.75, 3.05) is 64.7 Å². The quantitative estimate of drug-likeness (QED) is 0.283. The van der Waals surface area contributed by atoms with Gasteiger partial charge in [0.2, 0.25) is 10.0 Å². The van der Waals surface area contributed by atoms with Gasteiger partial charge in [-0.05, 0) is 56.1 Å². The van der Waals surface area contributed by atoms with E-state index in [9.17, 15) is 21.6 Å². The zero-order valence-electron chi connectivity index (χ0n) is 23.8. The van der Waals surface area contributed by atoms with Gasteiger partial charge in [0.25, 0.3) is 0 Å². The molecule has 3 aromatic rings. The Morgan fingerprint density at radius 2 is 1.83 bits per heavy atom. The van der Waals surface area contributed by atoms with E-state index in [1.807, 2.05) is 6.07 Å². The molecule has 0 aliphatic carbocycles. The Hall–Kier alpha value is -3.44. The number of hydrogen-bond donors (Lipinski definition) is 3. The van der Waals surface area contributed by atoms with Crippen LogP contribution in [0.5, 0.6) is 5.75 Å². The summed E-state index contributed by atoms with van der Waals surface area (Å²) in [6.45, 7) is 2.35. The molecule has 1 aliphatic heterocycles. The van der Waals surface area contributed by atoms with Crippen LogP contribution in [0.15, 0.2) is 47.4 Å². The number of nitrogens with zero attached hydrogens (tertiary/aromatic N) is 2. The number of nitrogens with one attached hydrogen (secondary N) is 3. The monoisotopic (exact) mass is 607 g/mol. The molecule has 0 spiro atoms. The second-order valence-corrected chi connectivity index (χ2v) is 11.8. The summed E-state index contributed by atoms with van der Waals surface area (Å²) in [5.41, 5.74) is 1.98. The maximum atomic E-state index is 13.6. The van der Waals surface area contributed by atoms with E-state index in [-0.39, 0.29) is 23.2 Å². The SMILES string of the molecule is CNS(=O)(=O)c1ccc(NCC#Cc2cc3c(NC4CCN(CCOC)CC4)cccc3n2CC(F)(F)F)c(OC)c1. The van der Waals surface area contributed by atoms with Gasteiger partial charge >= 0.3 is 6.18 Å². The first kappa shape index (κ1) is 31.5. The molecule has 4 rings (SSSR count). The molecular formula is C29H36F3N5O4S. The Morgan fingerprint density at radius 1 is 1.07 bits per heavy atom. The average molecular weight is 608 g/mol. The van der Waals surface area contributed by atoms with Crippen molar-refractivity contribution in [1.82, 2.24) is 14.2 Å². The lowest BCUT2D eigenvalue weighted by Crippen LogP contribution is -2.40. The van der Waals surface area contributed by atoms with E-state index in [1.165, 1.54) is 30.9 Å². The molecule has 228 valence electrons. The highest BCUT2D eigenvalue weighted by Gasteiger charge is 2.30. The van der Waals surface area contributed by atoms with Gasteiger partial charge in [-0.15, -0.1) is 0 Å². The van der Waals surface area contributed by atoms with Crippen molar-refractivity contribution < 1.29 is 31.1 Å². The zero-order valence-corrected chi connectivity index (χ0v) is 24.7. The predicted octanol–water partition coefficient (Wildman–Crippen LogP) is 4.11. The summed E-state index contributed by atoms with van der Waals surface area (Å²) < 4.78 is 78.8. The number of piperidine rings is 1. The minimum absolute atomic E-state index is 0.0382. The summed E-state index contributed by atoms with van der Waals surface area (Å²) >= 11 is 0. The van der Waals surface area contributed by atoms with E-state index >= 15 is 0 Å². The first-order valence-electron chi connectivity index (χ1n) is 13.6. The highest BCUT2D eigenvalue weighted by molar-refractivity contribution is 7.89. The summed E-state index contributed by atoms with van der Waals surface area (Å²) in [4.78, 5) is 2.38. The van der Waals surface area contributed by atoms with Crippen LogP contribution < -0.4 is 20.1 Å². The highest BCUT2D eigenvalue weighted by Crippen LogP contribution is 2.31. The third-order valence-electron chi connectivity index (χ3n) is 7.18. The summed E-state index contributed by atoms with van der Waals surface area (Å²) in [5.74, 6) is 6.08. The molecule has 1 aromatic heterocycles. The van der Waals surface area contributed by atoms with Gasteiger partial charge in [0, 0.05) is 49.9 Å². The fraction of sp³-hybridized carbons (Fsp3) is 0.448. The molecule has 1 saturated heterocycles. The standard InChI is InChI=1S/C29H36F3N5O4S/c1-33-42(38,39)23-9-10-26(28(19-23)41-3)34-13-5-6-22-18-24-25(7-4-8-27(24)37(22)20-29(30,31)32)35-21-11-14-36(15-12-21)16-17-40-2/h4,7-10,18-19,21,33-35H,11-17,20H2,1-3H3. The van der Waals surface area contributed by atoms with Gasteiger partial charge in [0.15, 0.2) is 0 Å². The molecule has 0 bridgehead atoms. The Labute approximate surface area is 244 Å². The fourth-order valence-electron chi connectivity index (χ4n) is 4.98. The first-order chi connectivity index (χ1) is 20.0. The highest BCUT2D eigenvalue weighted by atomic mass is 32.2. The topological polar surface area (TPSA) is 96.9 Å². The van der Waals surface area contributed by atoms with Gasteiger partial charge in [0.1, 0.15) is 12.3 Å². The lowest BCUT2D eigenvalue weighted by molar-refractivity contribution is -0.140. The maximum absolute atomic E-state index is 13.6. The number of likely N-dealkylation sites (tertiary alicyclic amines) is 1. The van der Waals surface area contributed by atoms with Crippen LogP contribution in [0.3, 0.4) is 0 Å². The Bertz CT molecular complexity index is 1540. The summed E-state index contributed by atoms with van der Waals surface area (Å²) in [6, 6.07) is 11.6. The van der Waals surface area contributed by atoms with Gasteiger partial charge in [-0.2, -0.15) is 13.2 Å². The van der Waals surface area contributed by atoms with Crippen LogP contribution in [0.1, 0.15) is 18.5 Å². The van der Waals surface area contributed by atoms with Crippen LogP contribution in [0.25, 0.3) is 10.9 Å². The third kappa shape index (κ3) is 7.89. The number of sulfonamides is 1. The van der Waals surface area contributed by atoms with E-state index in [0.717, 1.165) is 38.2 Å². The lowest BCUT2D eigenvalue weighted by atomic mass is 10.0. The minimum Gasteiger partial charge on any atom is -0.495 e. The Morgan fingerprint density at radius 3 is 2.50 bits per heavy atom. The minimum atomic E-state index is -4.43. The molecule has 0 unspecified atom stereocenters. The average Bonchev–Trinajstić information content (AvgIpc) is 3.31. The molecule has 2 heterocycles. The van der Waals surface area contributed by atoms with E-state index in [2.05, 4.69) is 32.1 Å². The van der Waals surface area contributed by atoms with Crippen molar-refractivity contribution in [3.8, 4) is 17.6 Å². The second-order valence-electron chi connectivity index (χ2n) is 9.95. The number of methoxy groups -OCH3 is 2. The number of aromatic nitrogens is 1. The van der Waals surface area contributed by atoms with Crippen molar-refractivity contribution in [3.63, 3.8) is 0 Å². The summed E-state index contributed by atoms with van der Waals surface area (Å²) in [7, 11) is 0.759. The van der Waals surface area contributed by atoms with Crippen molar-refractivity contribution in [2.24, 2.45) is 0 Å². The molecule has 1 aliphatic rings. The first-order valence-corrected chi connectivity index (χ1v) is 15.0. The van der Waals surface area contributed by atoms with Crippen LogP contribution in [0, 0.1) is 11.8 Å². The molecule has 0 saturated carbocycles.